The first-order valence-corrected chi connectivity index (χ1v) is 17.0. The van der Waals surface area contributed by atoms with Crippen molar-refractivity contribution in [2.45, 2.75) is 73.3 Å². The third-order valence-corrected chi connectivity index (χ3v) is 9.14. The van der Waals surface area contributed by atoms with Crippen molar-refractivity contribution in [3.63, 3.8) is 0 Å². The first-order chi connectivity index (χ1) is 21.3. The van der Waals surface area contributed by atoms with Crippen molar-refractivity contribution in [2.24, 2.45) is 23.2 Å². The molecule has 1 aliphatic carbocycles. The van der Waals surface area contributed by atoms with Crippen molar-refractivity contribution in [1.29, 1.82) is 0 Å². The minimum Gasteiger partial charge on any atom is -0.464 e. The number of esters is 2. The number of para-hydroxylation sites is 1. The van der Waals surface area contributed by atoms with Crippen LogP contribution in [0, 0.1) is 23.2 Å². The molecule has 3 N–H and O–H groups in total. The smallest absolute Gasteiger partial charge is 0.459 e. The molecular weight excluding hydrogens is 599 g/mol. The molecule has 1 aromatic carbocycles. The molecule has 2 aromatic rings. The number of nitrogens with one attached hydrogen (secondary N) is 1. The molecule has 12 nitrogen and oxygen atoms in total. The first-order valence-electron chi connectivity index (χ1n) is 15.5. The van der Waals surface area contributed by atoms with Crippen LogP contribution in [0.4, 0.5) is 5.82 Å². The monoisotopic (exact) mass is 646 g/mol. The van der Waals surface area contributed by atoms with Crippen LogP contribution in [0.3, 0.4) is 0 Å². The van der Waals surface area contributed by atoms with E-state index in [0.29, 0.717) is 18.4 Å². The topological polar surface area (TPSA) is 161 Å². The Labute approximate surface area is 265 Å². The fraction of sp³-hybridized carbons (Fsp3) is 0.562. The summed E-state index contributed by atoms with van der Waals surface area (Å²) in [7, 11) is -4.23. The summed E-state index contributed by atoms with van der Waals surface area (Å²) >= 11 is 0. The summed E-state index contributed by atoms with van der Waals surface area (Å²) in [5, 5.41) is 2.86. The minimum atomic E-state index is -4.23. The molecule has 1 saturated carbocycles. The van der Waals surface area contributed by atoms with Crippen molar-refractivity contribution in [1.82, 2.24) is 14.6 Å². The summed E-state index contributed by atoms with van der Waals surface area (Å²) in [4.78, 5) is 41.8. The fourth-order valence-corrected chi connectivity index (χ4v) is 6.10. The summed E-state index contributed by atoms with van der Waals surface area (Å²) in [6.45, 7) is 11.4. The number of hydrogen-bond acceptors (Lipinski definition) is 10. The van der Waals surface area contributed by atoms with E-state index in [0.717, 1.165) is 12.8 Å². The number of rotatable bonds is 18. The number of ether oxygens (including phenoxy) is 2. The molecule has 1 aromatic heterocycles. The third kappa shape index (κ3) is 10.8. The number of hydrogen-bond donors (Lipinski definition) is 2. The number of nitrogen functional groups attached to an aromatic ring is 1. The van der Waals surface area contributed by atoms with Crippen molar-refractivity contribution < 1.29 is 32.7 Å². The Morgan fingerprint density at radius 3 is 2.36 bits per heavy atom. The SMILES string of the molecule is CCC(CC)COC(=O)[C@H](CC(C)C)N[P@](=O)(OCC1(COC(=O)C(C)C)C/C1=C/n1ccc(N)nc1=O)Oc1ccccc1. The summed E-state index contributed by atoms with van der Waals surface area (Å²) in [6.07, 6.45) is 5.49. The van der Waals surface area contributed by atoms with E-state index < -0.39 is 36.8 Å². The van der Waals surface area contributed by atoms with Crippen molar-refractivity contribution in [3.05, 3.63) is 58.7 Å². The lowest BCUT2D eigenvalue weighted by molar-refractivity contribution is -0.149. The second kappa shape index (κ2) is 16.2. The first kappa shape index (κ1) is 36.0. The standard InChI is InChI=1S/C32H47N4O8P/c1-7-24(8-2)19-41-30(38)27(16-22(3)4)35-45(40,44-26-12-10-9-11-13-26)43-21-32(20-42-29(37)23(5)6)17-25(32)18-36-15-14-28(33)34-31(36)39/h9-15,18,22-24,27H,7-8,16-17,19-21H2,1-6H3,(H,35,40)(H2,33,34,39)/b25-18-/t27-,32?,45-/m0/s1. The van der Waals surface area contributed by atoms with E-state index in [1.165, 1.54) is 16.8 Å². The highest BCUT2D eigenvalue weighted by Gasteiger charge is 2.52. The van der Waals surface area contributed by atoms with Crippen LogP contribution in [-0.4, -0.2) is 47.4 Å². The molecule has 3 rings (SSSR count). The highest BCUT2D eigenvalue weighted by molar-refractivity contribution is 7.52. The Balaban J connectivity index is 1.90. The highest BCUT2D eigenvalue weighted by atomic mass is 31.2. The maximum absolute atomic E-state index is 14.4. The number of carbonyl (C=O) groups excluding carboxylic acids is 2. The van der Waals surface area contributed by atoms with Crippen LogP contribution in [0.15, 0.2) is 53.0 Å². The fourth-order valence-electron chi connectivity index (χ4n) is 4.51. The number of nitrogens with zero attached hydrogens (tertiary/aromatic N) is 2. The normalized spacial score (nSPS) is 19.0. The Kier molecular flexibility index (Phi) is 13.0. The van der Waals surface area contributed by atoms with Crippen LogP contribution >= 0.6 is 7.75 Å². The van der Waals surface area contributed by atoms with E-state index in [2.05, 4.69) is 10.1 Å². The number of nitrogens with two attached hydrogens (primary N) is 1. The zero-order chi connectivity index (χ0) is 33.2. The van der Waals surface area contributed by atoms with Crippen molar-refractivity contribution >= 4 is 31.7 Å². The van der Waals surface area contributed by atoms with Gasteiger partial charge in [0.15, 0.2) is 0 Å². The van der Waals surface area contributed by atoms with Gasteiger partial charge in [0.2, 0.25) is 0 Å². The second-order valence-corrected chi connectivity index (χ2v) is 13.9. The van der Waals surface area contributed by atoms with Crippen LogP contribution < -0.4 is 21.0 Å². The zero-order valence-electron chi connectivity index (χ0n) is 27.1. The average Bonchev–Trinajstić information content (AvgIpc) is 3.68. The molecule has 248 valence electrons. The van der Waals surface area contributed by atoms with Crippen LogP contribution in [0.2, 0.25) is 0 Å². The lowest BCUT2D eigenvalue weighted by atomic mass is 10.0. The molecule has 0 saturated heterocycles. The molecule has 0 spiro atoms. The Bertz CT molecular complexity index is 1420. The Morgan fingerprint density at radius 2 is 1.76 bits per heavy atom. The zero-order valence-corrected chi connectivity index (χ0v) is 28.0. The molecule has 13 heteroatoms. The highest BCUT2D eigenvalue weighted by Crippen LogP contribution is 2.56. The van der Waals surface area contributed by atoms with E-state index in [-0.39, 0.29) is 49.1 Å². The predicted molar refractivity (Wildman–Crippen MR) is 172 cm³/mol. The largest absolute Gasteiger partial charge is 0.464 e. The molecule has 45 heavy (non-hydrogen) atoms. The van der Waals surface area contributed by atoms with Gasteiger partial charge in [0.1, 0.15) is 24.2 Å². The van der Waals surface area contributed by atoms with E-state index in [9.17, 15) is 18.9 Å². The van der Waals surface area contributed by atoms with Gasteiger partial charge < -0.3 is 19.7 Å². The van der Waals surface area contributed by atoms with E-state index in [1.54, 1.807) is 50.4 Å². The van der Waals surface area contributed by atoms with Gasteiger partial charge in [0.25, 0.3) is 0 Å². The van der Waals surface area contributed by atoms with Crippen molar-refractivity contribution in [2.75, 3.05) is 25.6 Å². The molecule has 0 amide bonds. The molecule has 1 heterocycles. The molecule has 0 aliphatic heterocycles. The van der Waals surface area contributed by atoms with Gasteiger partial charge in [-0.25, -0.2) is 9.36 Å². The number of benzene rings is 1. The summed E-state index contributed by atoms with van der Waals surface area (Å²) in [5.74, 6) is -0.687. The van der Waals surface area contributed by atoms with Crippen LogP contribution in [0.25, 0.3) is 6.20 Å². The summed E-state index contributed by atoms with van der Waals surface area (Å²) in [5.41, 5.74) is 4.86. The average molecular weight is 647 g/mol. The molecule has 3 atom stereocenters. The second-order valence-electron chi connectivity index (χ2n) is 12.2. The summed E-state index contributed by atoms with van der Waals surface area (Å²) < 4.78 is 38.9. The van der Waals surface area contributed by atoms with Gasteiger partial charge in [0, 0.05) is 12.4 Å². The maximum atomic E-state index is 14.4. The molecule has 1 fully saturated rings. The van der Waals surface area contributed by atoms with Gasteiger partial charge in [-0.05, 0) is 48.4 Å². The van der Waals surface area contributed by atoms with Gasteiger partial charge >= 0.3 is 25.4 Å². The number of anilines is 1. The third-order valence-electron chi connectivity index (χ3n) is 7.59. The maximum Gasteiger partial charge on any atom is 0.459 e. The molecule has 0 radical (unpaired) electrons. The predicted octanol–water partition coefficient (Wildman–Crippen LogP) is 5.44. The molecule has 1 aliphatic rings. The van der Waals surface area contributed by atoms with Crippen molar-refractivity contribution in [3.8, 4) is 5.75 Å². The number of carbonyl (C=O) groups is 2. The van der Waals surface area contributed by atoms with E-state index >= 15 is 0 Å². The van der Waals surface area contributed by atoms with Gasteiger partial charge in [-0.2, -0.15) is 10.1 Å². The van der Waals surface area contributed by atoms with Crippen LogP contribution in [-0.2, 0) is 28.2 Å². The number of aromatic nitrogens is 2. The molecule has 1 unspecified atom stereocenters. The van der Waals surface area contributed by atoms with Crippen LogP contribution in [0.5, 0.6) is 5.75 Å². The minimum absolute atomic E-state index is 0.0555. The lowest BCUT2D eigenvalue weighted by Crippen LogP contribution is -2.39. The van der Waals surface area contributed by atoms with Crippen LogP contribution in [0.1, 0.15) is 67.2 Å². The lowest BCUT2D eigenvalue weighted by Gasteiger charge is -2.27. The van der Waals surface area contributed by atoms with E-state index in [1.807, 2.05) is 27.7 Å². The van der Waals surface area contributed by atoms with Gasteiger partial charge in [-0.15, -0.1) is 0 Å². The summed E-state index contributed by atoms with van der Waals surface area (Å²) in [6, 6.07) is 9.01. The quantitative estimate of drug-likeness (QED) is 0.157. The van der Waals surface area contributed by atoms with Gasteiger partial charge in [0.05, 0.1) is 24.5 Å². The Morgan fingerprint density at radius 1 is 1.07 bits per heavy atom. The van der Waals surface area contributed by atoms with Gasteiger partial charge in [-0.3, -0.25) is 18.7 Å². The molecular formula is C32H47N4O8P. The Hall–Kier alpha value is -3.47. The van der Waals surface area contributed by atoms with E-state index in [4.69, 9.17) is 24.3 Å². The molecule has 0 bridgehead atoms. The van der Waals surface area contributed by atoms with Gasteiger partial charge in [-0.1, -0.05) is 72.6 Å².